The van der Waals surface area contributed by atoms with Crippen molar-refractivity contribution >= 4 is 0 Å². The highest BCUT2D eigenvalue weighted by atomic mass is 16.3. The fourth-order valence-electron chi connectivity index (χ4n) is 1.71. The van der Waals surface area contributed by atoms with Crippen LogP contribution in [0.3, 0.4) is 0 Å². The Morgan fingerprint density at radius 3 is 3.09 bits per heavy atom. The Morgan fingerprint density at radius 2 is 2.45 bits per heavy atom. The third-order valence-corrected chi connectivity index (χ3v) is 2.27. The minimum absolute atomic E-state index is 0.111. The van der Waals surface area contributed by atoms with Gasteiger partial charge in [0.05, 0.1) is 6.73 Å². The van der Waals surface area contributed by atoms with Crippen LogP contribution >= 0.6 is 0 Å². The number of rotatable bonds is 3. The van der Waals surface area contributed by atoms with Gasteiger partial charge in [-0.1, -0.05) is 0 Å². The highest BCUT2D eigenvalue weighted by molar-refractivity contribution is 4.71. The molecule has 1 heterocycles. The molecule has 0 aromatic rings. The summed E-state index contributed by atoms with van der Waals surface area (Å²) in [5, 5.41) is 11.5. The number of nitrogens with zero attached hydrogens (tertiary/aromatic N) is 1. The van der Waals surface area contributed by atoms with Crippen molar-refractivity contribution in [2.75, 3.05) is 33.4 Å². The molecule has 0 amide bonds. The first-order chi connectivity index (χ1) is 5.33. The van der Waals surface area contributed by atoms with Crippen molar-refractivity contribution in [3.8, 4) is 0 Å². The molecule has 3 nitrogen and oxygen atoms in total. The van der Waals surface area contributed by atoms with Crippen LogP contribution in [0.25, 0.3) is 0 Å². The quantitative estimate of drug-likeness (QED) is 0.562. The van der Waals surface area contributed by atoms with Gasteiger partial charge in [0.25, 0.3) is 0 Å². The average molecular weight is 158 g/mol. The largest absolute Gasteiger partial charge is 0.381 e. The molecule has 2 N–H and O–H groups in total. The van der Waals surface area contributed by atoms with Gasteiger partial charge in [0.15, 0.2) is 0 Å². The van der Waals surface area contributed by atoms with E-state index in [9.17, 15) is 0 Å². The number of hydrogen-bond acceptors (Lipinski definition) is 3. The molecule has 1 fully saturated rings. The number of aliphatic hydroxyl groups excluding tert-OH is 1. The van der Waals surface area contributed by atoms with E-state index in [0.717, 1.165) is 12.5 Å². The molecular weight excluding hydrogens is 140 g/mol. The maximum Gasteiger partial charge on any atom is 0.0931 e. The molecule has 1 aliphatic heterocycles. The van der Waals surface area contributed by atoms with Gasteiger partial charge in [0.2, 0.25) is 0 Å². The zero-order valence-corrected chi connectivity index (χ0v) is 7.21. The van der Waals surface area contributed by atoms with E-state index >= 15 is 0 Å². The van der Waals surface area contributed by atoms with E-state index in [0.29, 0.717) is 0 Å². The van der Waals surface area contributed by atoms with Crippen molar-refractivity contribution in [1.82, 2.24) is 10.2 Å². The number of aliphatic hydroxyl groups is 1. The van der Waals surface area contributed by atoms with Crippen LogP contribution in [0.1, 0.15) is 12.8 Å². The third-order valence-electron chi connectivity index (χ3n) is 2.27. The van der Waals surface area contributed by atoms with E-state index in [1.807, 2.05) is 0 Å². The predicted molar refractivity (Wildman–Crippen MR) is 45.3 cm³/mol. The molecule has 3 heteroatoms. The number of hydrogen-bond donors (Lipinski definition) is 2. The zero-order chi connectivity index (χ0) is 8.10. The molecule has 66 valence electrons. The standard InChI is InChI=1S/C8H18N2O/c1-10-4-2-3-8(6-10)5-9-7-11/h8-9,11H,2-7H2,1H3. The molecule has 0 aromatic heterocycles. The van der Waals surface area contributed by atoms with Crippen LogP contribution in [0.15, 0.2) is 0 Å². The first-order valence-electron chi connectivity index (χ1n) is 4.33. The van der Waals surface area contributed by atoms with Crippen LogP contribution in [0.2, 0.25) is 0 Å². The minimum atomic E-state index is 0.111. The molecule has 0 aromatic carbocycles. The molecule has 0 radical (unpaired) electrons. The van der Waals surface area contributed by atoms with Gasteiger partial charge in [-0.15, -0.1) is 0 Å². The van der Waals surface area contributed by atoms with Gasteiger partial charge >= 0.3 is 0 Å². The molecule has 1 rings (SSSR count). The van der Waals surface area contributed by atoms with E-state index in [1.165, 1.54) is 25.9 Å². The first-order valence-corrected chi connectivity index (χ1v) is 4.33. The van der Waals surface area contributed by atoms with Crippen LogP contribution in [0.5, 0.6) is 0 Å². The summed E-state index contributed by atoms with van der Waals surface area (Å²) in [5.41, 5.74) is 0. The Kier molecular flexibility index (Phi) is 3.83. The van der Waals surface area contributed by atoms with Crippen LogP contribution in [-0.2, 0) is 0 Å². The van der Waals surface area contributed by atoms with Gasteiger partial charge in [-0.25, -0.2) is 0 Å². The van der Waals surface area contributed by atoms with Crippen molar-refractivity contribution in [3.05, 3.63) is 0 Å². The van der Waals surface area contributed by atoms with Crippen molar-refractivity contribution < 1.29 is 5.11 Å². The van der Waals surface area contributed by atoms with Crippen LogP contribution < -0.4 is 5.32 Å². The summed E-state index contributed by atoms with van der Waals surface area (Å²) < 4.78 is 0. The Bertz CT molecular complexity index is 108. The smallest absolute Gasteiger partial charge is 0.0931 e. The molecule has 1 atom stereocenters. The van der Waals surface area contributed by atoms with E-state index in [2.05, 4.69) is 17.3 Å². The maximum atomic E-state index is 8.54. The molecule has 0 saturated carbocycles. The Hall–Kier alpha value is -0.120. The molecule has 11 heavy (non-hydrogen) atoms. The van der Waals surface area contributed by atoms with Crippen LogP contribution in [-0.4, -0.2) is 43.4 Å². The van der Waals surface area contributed by atoms with Crippen LogP contribution in [0.4, 0.5) is 0 Å². The van der Waals surface area contributed by atoms with E-state index in [4.69, 9.17) is 5.11 Å². The van der Waals surface area contributed by atoms with Gasteiger partial charge in [-0.3, -0.25) is 5.32 Å². The lowest BCUT2D eigenvalue weighted by Gasteiger charge is -2.29. The second-order valence-corrected chi connectivity index (χ2v) is 3.38. The lowest BCUT2D eigenvalue weighted by molar-refractivity contribution is 0.187. The number of nitrogens with one attached hydrogen (secondary N) is 1. The molecular formula is C8H18N2O. The fraction of sp³-hybridized carbons (Fsp3) is 1.00. The lowest BCUT2D eigenvalue weighted by Crippen LogP contribution is -2.37. The first kappa shape index (κ1) is 8.97. The van der Waals surface area contributed by atoms with E-state index in [1.54, 1.807) is 0 Å². The molecule has 0 bridgehead atoms. The SMILES string of the molecule is CN1CCCC(CNCO)C1. The molecule has 1 aliphatic rings. The Balaban J connectivity index is 2.12. The summed E-state index contributed by atoms with van der Waals surface area (Å²) >= 11 is 0. The maximum absolute atomic E-state index is 8.54. The molecule has 1 unspecified atom stereocenters. The summed E-state index contributed by atoms with van der Waals surface area (Å²) in [6.07, 6.45) is 2.60. The summed E-state index contributed by atoms with van der Waals surface area (Å²) in [6.45, 7) is 3.48. The molecule has 0 aliphatic carbocycles. The highest BCUT2D eigenvalue weighted by Crippen LogP contribution is 2.13. The third kappa shape index (κ3) is 3.18. The minimum Gasteiger partial charge on any atom is -0.381 e. The van der Waals surface area contributed by atoms with Gasteiger partial charge in [0, 0.05) is 13.1 Å². The lowest BCUT2D eigenvalue weighted by atomic mass is 9.99. The average Bonchev–Trinajstić information content (AvgIpc) is 2.01. The summed E-state index contributed by atoms with van der Waals surface area (Å²) in [5.74, 6) is 0.737. The van der Waals surface area contributed by atoms with Crippen LogP contribution in [0, 0.1) is 5.92 Å². The zero-order valence-electron chi connectivity index (χ0n) is 7.21. The van der Waals surface area contributed by atoms with Crippen molar-refractivity contribution in [2.24, 2.45) is 5.92 Å². The summed E-state index contributed by atoms with van der Waals surface area (Å²) in [6, 6.07) is 0. The van der Waals surface area contributed by atoms with Gasteiger partial charge in [-0.2, -0.15) is 0 Å². The van der Waals surface area contributed by atoms with E-state index < -0.39 is 0 Å². The summed E-state index contributed by atoms with van der Waals surface area (Å²) in [4.78, 5) is 2.35. The van der Waals surface area contributed by atoms with Gasteiger partial charge in [-0.05, 0) is 32.4 Å². The monoisotopic (exact) mass is 158 g/mol. The number of likely N-dealkylation sites (tertiary alicyclic amines) is 1. The Labute approximate surface area is 68.4 Å². The van der Waals surface area contributed by atoms with Crippen molar-refractivity contribution in [3.63, 3.8) is 0 Å². The Morgan fingerprint density at radius 1 is 1.64 bits per heavy atom. The van der Waals surface area contributed by atoms with Crippen molar-refractivity contribution in [2.45, 2.75) is 12.8 Å². The van der Waals surface area contributed by atoms with Crippen molar-refractivity contribution in [1.29, 1.82) is 0 Å². The number of piperidine rings is 1. The summed E-state index contributed by atoms with van der Waals surface area (Å²) in [7, 11) is 2.16. The fourth-order valence-corrected chi connectivity index (χ4v) is 1.71. The second-order valence-electron chi connectivity index (χ2n) is 3.38. The van der Waals surface area contributed by atoms with Gasteiger partial charge in [0.1, 0.15) is 0 Å². The molecule has 0 spiro atoms. The topological polar surface area (TPSA) is 35.5 Å². The second kappa shape index (κ2) is 4.70. The molecule has 1 saturated heterocycles. The highest BCUT2D eigenvalue weighted by Gasteiger charge is 2.15. The van der Waals surface area contributed by atoms with E-state index in [-0.39, 0.29) is 6.73 Å². The normalized spacial score (nSPS) is 27.3. The predicted octanol–water partition coefficient (Wildman–Crippen LogP) is -0.132. The van der Waals surface area contributed by atoms with Gasteiger partial charge < -0.3 is 10.0 Å².